The number of aromatic amines is 1. The van der Waals surface area contributed by atoms with Gasteiger partial charge in [-0.05, 0) is 27.2 Å². The van der Waals surface area contributed by atoms with Crippen molar-refractivity contribution in [2.45, 2.75) is 40.2 Å². The fourth-order valence-electron chi connectivity index (χ4n) is 2.15. The highest BCUT2D eigenvalue weighted by Gasteiger charge is 2.18. The summed E-state index contributed by atoms with van der Waals surface area (Å²) in [6.07, 6.45) is 2.74. The minimum atomic E-state index is 0.431. The van der Waals surface area contributed by atoms with Gasteiger partial charge in [0.15, 0.2) is 11.5 Å². The van der Waals surface area contributed by atoms with Crippen LogP contribution in [0.25, 0.3) is 11.2 Å². The van der Waals surface area contributed by atoms with Gasteiger partial charge in [0.25, 0.3) is 0 Å². The predicted molar refractivity (Wildman–Crippen MR) is 78.6 cm³/mol. The molecular weight excluding hydrogens is 240 g/mol. The van der Waals surface area contributed by atoms with E-state index in [0.29, 0.717) is 17.6 Å². The van der Waals surface area contributed by atoms with Crippen LogP contribution in [0.15, 0.2) is 6.33 Å². The SMILES string of the molecule is CCNc1nc(N(CC)C(C)CC)c2[nH]cnc2n1. The molecule has 6 heteroatoms. The maximum Gasteiger partial charge on any atom is 0.226 e. The summed E-state index contributed by atoms with van der Waals surface area (Å²) >= 11 is 0. The van der Waals surface area contributed by atoms with Gasteiger partial charge in [-0.2, -0.15) is 9.97 Å². The molecule has 2 N–H and O–H groups in total. The van der Waals surface area contributed by atoms with Gasteiger partial charge in [0, 0.05) is 19.1 Å². The number of anilines is 2. The maximum absolute atomic E-state index is 4.64. The standard InChI is InChI=1S/C13H22N6/c1-5-9(4)19(7-3)12-10-11(16-8-15-10)17-13(18-12)14-6-2/h8-9H,5-7H2,1-4H3,(H2,14,15,16,17,18). The number of imidazole rings is 1. The fourth-order valence-corrected chi connectivity index (χ4v) is 2.15. The first-order valence-corrected chi connectivity index (χ1v) is 6.92. The summed E-state index contributed by atoms with van der Waals surface area (Å²) in [5.74, 6) is 1.56. The second-order valence-corrected chi connectivity index (χ2v) is 4.55. The lowest BCUT2D eigenvalue weighted by Crippen LogP contribution is -2.33. The molecule has 0 aliphatic heterocycles. The van der Waals surface area contributed by atoms with Crippen LogP contribution in [0.1, 0.15) is 34.1 Å². The van der Waals surface area contributed by atoms with E-state index >= 15 is 0 Å². The zero-order valence-corrected chi connectivity index (χ0v) is 12.1. The lowest BCUT2D eigenvalue weighted by atomic mass is 10.2. The van der Waals surface area contributed by atoms with Gasteiger partial charge in [-0.15, -0.1) is 0 Å². The topological polar surface area (TPSA) is 69.7 Å². The van der Waals surface area contributed by atoms with Crippen molar-refractivity contribution in [2.75, 3.05) is 23.3 Å². The number of aromatic nitrogens is 4. The van der Waals surface area contributed by atoms with E-state index in [-0.39, 0.29) is 0 Å². The molecule has 0 spiro atoms. The molecule has 6 nitrogen and oxygen atoms in total. The van der Waals surface area contributed by atoms with Gasteiger partial charge in [-0.25, -0.2) is 4.98 Å². The third-order valence-electron chi connectivity index (χ3n) is 3.34. The monoisotopic (exact) mass is 262 g/mol. The zero-order valence-electron chi connectivity index (χ0n) is 12.1. The van der Waals surface area contributed by atoms with Crippen LogP contribution in [0.3, 0.4) is 0 Å². The molecular formula is C13H22N6. The summed E-state index contributed by atoms with van der Waals surface area (Å²) in [5.41, 5.74) is 1.62. The minimum Gasteiger partial charge on any atom is -0.354 e. The fraction of sp³-hybridized carbons (Fsp3) is 0.615. The largest absolute Gasteiger partial charge is 0.354 e. The smallest absolute Gasteiger partial charge is 0.226 e. The van der Waals surface area contributed by atoms with Gasteiger partial charge in [0.05, 0.1) is 6.33 Å². The molecule has 0 aromatic carbocycles. The third kappa shape index (κ3) is 2.62. The molecule has 0 fully saturated rings. The Labute approximate surface area is 113 Å². The molecule has 0 bridgehead atoms. The molecule has 2 rings (SSSR count). The molecule has 0 amide bonds. The lowest BCUT2D eigenvalue weighted by Gasteiger charge is -2.28. The van der Waals surface area contributed by atoms with Crippen molar-refractivity contribution in [1.82, 2.24) is 19.9 Å². The van der Waals surface area contributed by atoms with E-state index < -0.39 is 0 Å². The Balaban J connectivity index is 2.52. The Kier molecular flexibility index (Phi) is 4.19. The Morgan fingerprint density at radius 1 is 1.32 bits per heavy atom. The van der Waals surface area contributed by atoms with Crippen LogP contribution >= 0.6 is 0 Å². The highest BCUT2D eigenvalue weighted by molar-refractivity contribution is 5.84. The van der Waals surface area contributed by atoms with E-state index in [1.54, 1.807) is 6.33 Å². The number of hydrogen-bond donors (Lipinski definition) is 2. The molecule has 0 aliphatic rings. The van der Waals surface area contributed by atoms with Gasteiger partial charge < -0.3 is 15.2 Å². The quantitative estimate of drug-likeness (QED) is 0.836. The first-order chi connectivity index (χ1) is 9.21. The van der Waals surface area contributed by atoms with Crippen LogP contribution in [-0.2, 0) is 0 Å². The van der Waals surface area contributed by atoms with E-state index in [2.05, 4.69) is 50.9 Å². The van der Waals surface area contributed by atoms with E-state index in [4.69, 9.17) is 0 Å². The number of nitrogens with one attached hydrogen (secondary N) is 2. The first kappa shape index (κ1) is 13.6. The van der Waals surface area contributed by atoms with Gasteiger partial charge in [-0.1, -0.05) is 6.92 Å². The maximum atomic E-state index is 4.64. The zero-order chi connectivity index (χ0) is 13.8. The van der Waals surface area contributed by atoms with E-state index in [1.165, 1.54) is 0 Å². The number of hydrogen-bond acceptors (Lipinski definition) is 5. The summed E-state index contributed by atoms with van der Waals surface area (Å²) in [6.45, 7) is 10.3. The van der Waals surface area contributed by atoms with E-state index in [1.807, 2.05) is 6.92 Å². The van der Waals surface area contributed by atoms with Gasteiger partial charge in [0.1, 0.15) is 5.52 Å². The van der Waals surface area contributed by atoms with Crippen LogP contribution in [-0.4, -0.2) is 39.1 Å². The Bertz CT molecular complexity index is 535. The molecule has 2 heterocycles. The summed E-state index contributed by atoms with van der Waals surface area (Å²) in [6, 6.07) is 0.431. The molecule has 0 radical (unpaired) electrons. The van der Waals surface area contributed by atoms with Crippen molar-refractivity contribution in [2.24, 2.45) is 0 Å². The van der Waals surface area contributed by atoms with Crippen molar-refractivity contribution in [3.8, 4) is 0 Å². The van der Waals surface area contributed by atoms with Crippen molar-refractivity contribution < 1.29 is 0 Å². The molecule has 2 aromatic heterocycles. The Morgan fingerprint density at radius 3 is 2.74 bits per heavy atom. The number of nitrogens with zero attached hydrogens (tertiary/aromatic N) is 4. The molecule has 104 valence electrons. The summed E-state index contributed by atoms with van der Waals surface area (Å²) in [5, 5.41) is 3.16. The van der Waals surface area contributed by atoms with Crippen LogP contribution in [0.2, 0.25) is 0 Å². The summed E-state index contributed by atoms with van der Waals surface area (Å²) in [7, 11) is 0. The van der Waals surface area contributed by atoms with Crippen LogP contribution < -0.4 is 10.2 Å². The molecule has 1 atom stereocenters. The number of rotatable bonds is 6. The molecule has 2 aromatic rings. The van der Waals surface area contributed by atoms with E-state index in [0.717, 1.165) is 30.8 Å². The minimum absolute atomic E-state index is 0.431. The molecule has 0 aliphatic carbocycles. The highest BCUT2D eigenvalue weighted by Crippen LogP contribution is 2.24. The molecule has 1 unspecified atom stereocenters. The van der Waals surface area contributed by atoms with Crippen molar-refractivity contribution in [3.05, 3.63) is 6.33 Å². The number of H-pyrrole nitrogens is 1. The van der Waals surface area contributed by atoms with Crippen LogP contribution in [0.5, 0.6) is 0 Å². The number of fused-ring (bicyclic) bond motifs is 1. The van der Waals surface area contributed by atoms with Crippen molar-refractivity contribution >= 4 is 22.9 Å². The second-order valence-electron chi connectivity index (χ2n) is 4.55. The molecule has 0 saturated carbocycles. The molecule has 0 saturated heterocycles. The third-order valence-corrected chi connectivity index (χ3v) is 3.34. The predicted octanol–water partition coefficient (Wildman–Crippen LogP) is 2.41. The Hall–Kier alpha value is -1.85. The molecule has 19 heavy (non-hydrogen) atoms. The highest BCUT2D eigenvalue weighted by atomic mass is 15.3. The van der Waals surface area contributed by atoms with Crippen LogP contribution in [0.4, 0.5) is 11.8 Å². The summed E-state index contributed by atoms with van der Waals surface area (Å²) < 4.78 is 0. The van der Waals surface area contributed by atoms with Gasteiger partial charge in [0.2, 0.25) is 5.95 Å². The van der Waals surface area contributed by atoms with Crippen molar-refractivity contribution in [1.29, 1.82) is 0 Å². The Morgan fingerprint density at radius 2 is 2.11 bits per heavy atom. The summed E-state index contributed by atoms with van der Waals surface area (Å²) in [4.78, 5) is 18.7. The average molecular weight is 262 g/mol. The van der Waals surface area contributed by atoms with E-state index in [9.17, 15) is 0 Å². The van der Waals surface area contributed by atoms with Gasteiger partial charge >= 0.3 is 0 Å². The normalized spacial score (nSPS) is 12.6. The average Bonchev–Trinajstić information content (AvgIpc) is 2.88. The lowest BCUT2D eigenvalue weighted by molar-refractivity contribution is 0.624. The van der Waals surface area contributed by atoms with Crippen LogP contribution in [0, 0.1) is 0 Å². The second kappa shape index (κ2) is 5.86. The van der Waals surface area contributed by atoms with Gasteiger partial charge in [-0.3, -0.25) is 0 Å². The first-order valence-electron chi connectivity index (χ1n) is 6.92. The van der Waals surface area contributed by atoms with Crippen molar-refractivity contribution in [3.63, 3.8) is 0 Å².